The predicted molar refractivity (Wildman–Crippen MR) is 89.4 cm³/mol. The summed E-state index contributed by atoms with van der Waals surface area (Å²) in [6.07, 6.45) is 2.05. The lowest BCUT2D eigenvalue weighted by Crippen LogP contribution is -2.39. The molecule has 0 N–H and O–H groups in total. The van der Waals surface area contributed by atoms with E-state index in [0.717, 1.165) is 5.75 Å². The molecule has 0 spiro atoms. The van der Waals surface area contributed by atoms with Crippen molar-refractivity contribution in [1.82, 2.24) is 4.90 Å². The molecule has 1 saturated heterocycles. The number of esters is 1. The lowest BCUT2D eigenvalue weighted by atomic mass is 9.88. The van der Waals surface area contributed by atoms with E-state index in [9.17, 15) is 4.79 Å². The molecular formula is C18H23NO5. The molecular weight excluding hydrogens is 310 g/mol. The van der Waals surface area contributed by atoms with Gasteiger partial charge in [0.1, 0.15) is 5.75 Å². The quantitative estimate of drug-likeness (QED) is 0.679. The van der Waals surface area contributed by atoms with Crippen LogP contribution in [0.4, 0.5) is 0 Å². The highest BCUT2D eigenvalue weighted by molar-refractivity contribution is 5.96. The summed E-state index contributed by atoms with van der Waals surface area (Å²) in [5, 5.41) is 0. The van der Waals surface area contributed by atoms with Crippen LogP contribution in [0.3, 0.4) is 0 Å². The van der Waals surface area contributed by atoms with E-state index in [-0.39, 0.29) is 5.97 Å². The maximum Gasteiger partial charge on any atom is 0.307 e. The second kappa shape index (κ2) is 7.79. The zero-order valence-corrected chi connectivity index (χ0v) is 14.1. The van der Waals surface area contributed by atoms with Crippen molar-refractivity contribution in [2.75, 3.05) is 40.0 Å². The van der Waals surface area contributed by atoms with Crippen molar-refractivity contribution in [3.05, 3.63) is 29.3 Å². The van der Waals surface area contributed by atoms with E-state index in [0.29, 0.717) is 39.3 Å². The van der Waals surface area contributed by atoms with Gasteiger partial charge in [-0.15, -0.1) is 0 Å². The number of methoxy groups -OCH3 is 1. The second-order valence-electron chi connectivity index (χ2n) is 5.70. The fourth-order valence-corrected chi connectivity index (χ4v) is 2.89. The molecule has 1 heterocycles. The number of benzene rings is 1. The fraction of sp³-hybridized carbons (Fsp3) is 0.500. The first-order chi connectivity index (χ1) is 11.7. The van der Waals surface area contributed by atoms with E-state index in [2.05, 4.69) is 6.08 Å². The standard InChI is InChI=1S/C18H23NO5/c1-3-22-17(20)6-7-19(18-23-8-9-24-18)12-14-10-13-4-5-15(21-2)11-16(13)14/h4-5,10-11,18H,3,6-9,12H2,1-2H3. The third kappa shape index (κ3) is 3.77. The molecule has 0 amide bonds. The van der Waals surface area contributed by atoms with Crippen LogP contribution in [0.5, 0.6) is 5.75 Å². The molecule has 6 nitrogen and oxygen atoms in total. The van der Waals surface area contributed by atoms with Crippen molar-refractivity contribution in [1.29, 1.82) is 0 Å². The van der Waals surface area contributed by atoms with Crippen LogP contribution in [-0.2, 0) is 19.0 Å². The molecule has 2 aliphatic rings. The Balaban J connectivity index is 1.64. The highest BCUT2D eigenvalue weighted by atomic mass is 16.7. The zero-order chi connectivity index (χ0) is 16.9. The van der Waals surface area contributed by atoms with E-state index in [4.69, 9.17) is 18.9 Å². The summed E-state index contributed by atoms with van der Waals surface area (Å²) in [5.74, 6) is 0.635. The Morgan fingerprint density at radius 1 is 1.33 bits per heavy atom. The maximum absolute atomic E-state index is 11.7. The molecule has 0 saturated carbocycles. The molecule has 0 aromatic heterocycles. The van der Waals surface area contributed by atoms with Crippen LogP contribution in [0.2, 0.25) is 0 Å². The van der Waals surface area contributed by atoms with Gasteiger partial charge in [-0.05, 0) is 41.8 Å². The molecule has 1 fully saturated rings. The largest absolute Gasteiger partial charge is 0.497 e. The van der Waals surface area contributed by atoms with Gasteiger partial charge in [-0.1, -0.05) is 6.07 Å². The normalized spacial score (nSPS) is 16.5. The predicted octanol–water partition coefficient (Wildman–Crippen LogP) is 2.13. The second-order valence-corrected chi connectivity index (χ2v) is 5.70. The minimum atomic E-state index is -0.407. The Morgan fingerprint density at radius 2 is 2.12 bits per heavy atom. The number of rotatable bonds is 8. The van der Waals surface area contributed by atoms with Crippen LogP contribution in [0.25, 0.3) is 11.6 Å². The van der Waals surface area contributed by atoms with Crippen molar-refractivity contribution in [2.24, 2.45) is 0 Å². The fourth-order valence-electron chi connectivity index (χ4n) is 2.89. The van der Waals surface area contributed by atoms with E-state index >= 15 is 0 Å². The van der Waals surface area contributed by atoms with Gasteiger partial charge in [0.2, 0.25) is 6.41 Å². The number of hydrogen-bond donors (Lipinski definition) is 0. The average Bonchev–Trinajstić information content (AvgIpc) is 3.10. The summed E-state index contributed by atoms with van der Waals surface area (Å²) in [5.41, 5.74) is 3.56. The van der Waals surface area contributed by atoms with Gasteiger partial charge in [0, 0.05) is 13.1 Å². The Hall–Kier alpha value is -1.89. The zero-order valence-electron chi connectivity index (χ0n) is 14.1. The minimum Gasteiger partial charge on any atom is -0.497 e. The summed E-state index contributed by atoms with van der Waals surface area (Å²) in [4.78, 5) is 13.7. The molecule has 1 aliphatic carbocycles. The number of carbonyl (C=O) groups is 1. The molecule has 0 unspecified atom stereocenters. The third-order valence-electron chi connectivity index (χ3n) is 4.12. The molecule has 1 aliphatic heterocycles. The molecule has 0 radical (unpaired) electrons. The van der Waals surface area contributed by atoms with Gasteiger partial charge >= 0.3 is 5.97 Å². The number of hydrogen-bond acceptors (Lipinski definition) is 6. The van der Waals surface area contributed by atoms with Crippen molar-refractivity contribution >= 4 is 17.6 Å². The average molecular weight is 333 g/mol. The van der Waals surface area contributed by atoms with Gasteiger partial charge in [-0.3, -0.25) is 9.69 Å². The van der Waals surface area contributed by atoms with Crippen LogP contribution < -0.4 is 4.74 Å². The van der Waals surface area contributed by atoms with E-state index in [1.165, 1.54) is 16.7 Å². The van der Waals surface area contributed by atoms with Gasteiger partial charge in [0.15, 0.2) is 0 Å². The van der Waals surface area contributed by atoms with E-state index in [1.54, 1.807) is 7.11 Å². The number of nitrogens with zero attached hydrogens (tertiary/aromatic N) is 1. The summed E-state index contributed by atoms with van der Waals surface area (Å²) >= 11 is 0. The third-order valence-corrected chi connectivity index (χ3v) is 4.12. The smallest absolute Gasteiger partial charge is 0.307 e. The molecule has 6 heteroatoms. The summed E-state index contributed by atoms with van der Waals surface area (Å²) < 4.78 is 21.5. The molecule has 1 aromatic rings. The first-order valence-electron chi connectivity index (χ1n) is 8.23. The van der Waals surface area contributed by atoms with E-state index in [1.807, 2.05) is 30.0 Å². The monoisotopic (exact) mass is 333 g/mol. The molecule has 0 bridgehead atoms. The van der Waals surface area contributed by atoms with Gasteiger partial charge in [-0.25, -0.2) is 0 Å². The van der Waals surface area contributed by atoms with Crippen molar-refractivity contribution in [2.45, 2.75) is 19.8 Å². The molecule has 0 atom stereocenters. The Morgan fingerprint density at radius 3 is 2.83 bits per heavy atom. The number of fused-ring (bicyclic) bond motifs is 1. The Bertz CT molecular complexity index is 622. The van der Waals surface area contributed by atoms with Gasteiger partial charge < -0.3 is 18.9 Å². The van der Waals surface area contributed by atoms with E-state index < -0.39 is 6.41 Å². The summed E-state index contributed by atoms with van der Waals surface area (Å²) in [6.45, 7) is 4.54. The van der Waals surface area contributed by atoms with Crippen molar-refractivity contribution in [3.63, 3.8) is 0 Å². The Labute approximate surface area is 141 Å². The molecule has 1 aromatic carbocycles. The first kappa shape index (κ1) is 17.0. The van der Waals surface area contributed by atoms with Crippen molar-refractivity contribution in [3.8, 4) is 5.75 Å². The van der Waals surface area contributed by atoms with Crippen LogP contribution in [-0.4, -0.2) is 57.3 Å². The number of ether oxygens (including phenoxy) is 4. The van der Waals surface area contributed by atoms with Gasteiger partial charge in [0.05, 0.1) is 33.4 Å². The van der Waals surface area contributed by atoms with Crippen molar-refractivity contribution < 1.29 is 23.7 Å². The molecule has 130 valence electrons. The molecule has 3 rings (SSSR count). The lowest BCUT2D eigenvalue weighted by molar-refractivity contribution is -0.155. The topological polar surface area (TPSA) is 57.2 Å². The van der Waals surface area contributed by atoms with Crippen LogP contribution >= 0.6 is 0 Å². The minimum absolute atomic E-state index is 0.204. The summed E-state index contributed by atoms with van der Waals surface area (Å²) in [6, 6.07) is 6.03. The highest BCUT2D eigenvalue weighted by Crippen LogP contribution is 2.36. The van der Waals surface area contributed by atoms with Crippen LogP contribution in [0, 0.1) is 0 Å². The van der Waals surface area contributed by atoms with Gasteiger partial charge in [0.25, 0.3) is 0 Å². The highest BCUT2D eigenvalue weighted by Gasteiger charge is 2.28. The van der Waals surface area contributed by atoms with Gasteiger partial charge in [-0.2, -0.15) is 0 Å². The van der Waals surface area contributed by atoms with Crippen LogP contribution in [0.15, 0.2) is 18.2 Å². The lowest BCUT2D eigenvalue weighted by Gasteiger charge is -2.30. The van der Waals surface area contributed by atoms with Crippen LogP contribution in [0.1, 0.15) is 24.5 Å². The Kier molecular flexibility index (Phi) is 5.50. The SMILES string of the molecule is CCOC(=O)CCN(CC1=Cc2ccc(OC)cc21)C1OCCO1. The maximum atomic E-state index is 11.7. The number of carbonyl (C=O) groups excluding carboxylic acids is 1. The summed E-state index contributed by atoms with van der Waals surface area (Å²) in [7, 11) is 1.66. The first-order valence-corrected chi connectivity index (χ1v) is 8.23. The molecule has 24 heavy (non-hydrogen) atoms.